The topological polar surface area (TPSA) is 82.1 Å². The largest absolute Gasteiger partial charge is 0.496 e. The zero-order valence-electron chi connectivity index (χ0n) is 15.9. The molecule has 0 saturated carbocycles. The molecule has 0 atom stereocenters. The molecule has 27 heavy (non-hydrogen) atoms. The summed E-state index contributed by atoms with van der Waals surface area (Å²) < 4.78 is 15.4. The molecule has 0 aliphatic carbocycles. The summed E-state index contributed by atoms with van der Waals surface area (Å²) in [6, 6.07) is 5.18. The minimum atomic E-state index is -0.603. The number of carbonyl (C=O) groups excluding carboxylic acids is 3. The molecular weight excluding hydrogens is 370 g/mol. The maximum atomic E-state index is 12.3. The molecule has 8 heteroatoms. The first-order valence-corrected chi connectivity index (χ1v) is 10.1. The van der Waals surface area contributed by atoms with Crippen molar-refractivity contribution in [2.24, 2.45) is 5.92 Å². The number of carbonyl (C=O) groups is 3. The summed E-state index contributed by atoms with van der Waals surface area (Å²) in [5.41, 5.74) is 0.282. The summed E-state index contributed by atoms with van der Waals surface area (Å²) in [7, 11) is 1.48. The summed E-state index contributed by atoms with van der Waals surface area (Å²) in [5, 5.41) is 0. The first-order chi connectivity index (χ1) is 13.0. The van der Waals surface area contributed by atoms with Crippen LogP contribution in [0.5, 0.6) is 5.75 Å². The van der Waals surface area contributed by atoms with Crippen molar-refractivity contribution < 1.29 is 28.6 Å². The summed E-state index contributed by atoms with van der Waals surface area (Å²) >= 11 is 1.54. The number of piperidine rings is 1. The van der Waals surface area contributed by atoms with E-state index >= 15 is 0 Å². The van der Waals surface area contributed by atoms with Gasteiger partial charge in [0.05, 0.1) is 19.6 Å². The third-order valence-electron chi connectivity index (χ3n) is 4.42. The quantitative estimate of drug-likeness (QED) is 0.518. The molecule has 1 amide bonds. The Hall–Kier alpha value is -2.22. The molecule has 0 bridgehead atoms. The van der Waals surface area contributed by atoms with Crippen molar-refractivity contribution in [3.63, 3.8) is 0 Å². The van der Waals surface area contributed by atoms with Gasteiger partial charge < -0.3 is 19.1 Å². The van der Waals surface area contributed by atoms with Crippen LogP contribution in [0.4, 0.5) is 0 Å². The number of ether oxygens (including phenoxy) is 3. The lowest BCUT2D eigenvalue weighted by Crippen LogP contribution is -2.42. The van der Waals surface area contributed by atoms with E-state index in [-0.39, 0.29) is 30.0 Å². The van der Waals surface area contributed by atoms with Crippen LogP contribution in [0.1, 0.15) is 30.1 Å². The molecule has 1 aromatic rings. The molecule has 1 aliphatic rings. The first-order valence-electron chi connectivity index (χ1n) is 8.83. The third-order valence-corrected chi connectivity index (χ3v) is 5.15. The minimum absolute atomic E-state index is 0.171. The van der Waals surface area contributed by atoms with Crippen LogP contribution >= 0.6 is 11.8 Å². The smallest absolute Gasteiger partial charge is 0.342 e. The molecule has 1 heterocycles. The second kappa shape index (κ2) is 10.2. The maximum Gasteiger partial charge on any atom is 0.342 e. The van der Waals surface area contributed by atoms with Crippen molar-refractivity contribution in [2.75, 3.05) is 39.7 Å². The molecule has 0 aromatic heterocycles. The molecule has 0 unspecified atom stereocenters. The number of amides is 1. The molecule has 148 valence electrons. The lowest BCUT2D eigenvalue weighted by atomic mass is 9.97. The van der Waals surface area contributed by atoms with Crippen molar-refractivity contribution in [3.8, 4) is 5.75 Å². The predicted octanol–water partition coefficient (Wildman–Crippen LogP) is 2.38. The van der Waals surface area contributed by atoms with E-state index in [9.17, 15) is 14.4 Å². The van der Waals surface area contributed by atoms with Gasteiger partial charge in [0.25, 0.3) is 5.91 Å². The van der Waals surface area contributed by atoms with Gasteiger partial charge in [0, 0.05) is 18.0 Å². The van der Waals surface area contributed by atoms with Crippen LogP contribution in [-0.2, 0) is 19.1 Å². The molecule has 0 spiro atoms. The van der Waals surface area contributed by atoms with Gasteiger partial charge in [-0.25, -0.2) is 4.79 Å². The van der Waals surface area contributed by atoms with Crippen LogP contribution in [0, 0.1) is 5.92 Å². The fourth-order valence-electron chi connectivity index (χ4n) is 2.89. The second-order valence-electron chi connectivity index (χ2n) is 6.05. The van der Waals surface area contributed by atoms with Crippen LogP contribution in [-0.4, -0.2) is 62.4 Å². The molecule has 1 fully saturated rings. The van der Waals surface area contributed by atoms with E-state index in [0.29, 0.717) is 38.3 Å². The van der Waals surface area contributed by atoms with Crippen molar-refractivity contribution in [1.29, 1.82) is 0 Å². The summed E-state index contributed by atoms with van der Waals surface area (Å²) in [4.78, 5) is 38.9. The fourth-order valence-corrected chi connectivity index (χ4v) is 3.32. The Bertz CT molecular complexity index is 685. The molecule has 1 aliphatic heterocycles. The van der Waals surface area contributed by atoms with Gasteiger partial charge in [-0.3, -0.25) is 9.59 Å². The molecule has 1 aromatic carbocycles. The monoisotopic (exact) mass is 395 g/mol. The van der Waals surface area contributed by atoms with E-state index in [1.807, 2.05) is 6.26 Å². The van der Waals surface area contributed by atoms with E-state index < -0.39 is 5.97 Å². The highest BCUT2D eigenvalue weighted by atomic mass is 32.2. The van der Waals surface area contributed by atoms with Crippen LogP contribution in [0.2, 0.25) is 0 Å². The lowest BCUT2D eigenvalue weighted by molar-refractivity contribution is -0.151. The van der Waals surface area contributed by atoms with Gasteiger partial charge in [-0.2, -0.15) is 0 Å². The number of benzene rings is 1. The minimum Gasteiger partial charge on any atom is -0.496 e. The number of thioether (sulfide) groups is 1. The molecular formula is C19H25NO6S. The summed E-state index contributed by atoms with van der Waals surface area (Å²) in [6.07, 6.45) is 3.04. The number of nitrogens with zero attached hydrogens (tertiary/aromatic N) is 1. The van der Waals surface area contributed by atoms with Crippen LogP contribution in [0.25, 0.3) is 0 Å². The van der Waals surface area contributed by atoms with Gasteiger partial charge in [0.15, 0.2) is 6.61 Å². The van der Waals surface area contributed by atoms with Crippen LogP contribution < -0.4 is 4.74 Å². The average Bonchev–Trinajstić information content (AvgIpc) is 2.71. The zero-order valence-corrected chi connectivity index (χ0v) is 16.7. The fraction of sp³-hybridized carbons (Fsp3) is 0.526. The van der Waals surface area contributed by atoms with E-state index in [1.165, 1.54) is 18.9 Å². The van der Waals surface area contributed by atoms with E-state index in [2.05, 4.69) is 0 Å². The summed E-state index contributed by atoms with van der Waals surface area (Å²) in [6.45, 7) is 2.69. The average molecular weight is 395 g/mol. The molecule has 7 nitrogen and oxygen atoms in total. The number of rotatable bonds is 7. The standard InChI is InChI=1S/C19H25NO6S/c1-4-25-18(22)13-7-9-20(10-8-13)17(21)12-26-19(23)15-6-5-14(27-3)11-16(15)24-2/h5-6,11,13H,4,7-10,12H2,1-3H3. The van der Waals surface area contributed by atoms with Gasteiger partial charge in [-0.05, 0) is 44.2 Å². The van der Waals surface area contributed by atoms with E-state index in [0.717, 1.165) is 4.90 Å². The Morgan fingerprint density at radius 3 is 2.48 bits per heavy atom. The molecule has 0 radical (unpaired) electrons. The normalized spacial score (nSPS) is 14.6. The molecule has 0 N–H and O–H groups in total. The number of hydrogen-bond donors (Lipinski definition) is 0. The van der Waals surface area contributed by atoms with Crippen molar-refractivity contribution in [1.82, 2.24) is 4.90 Å². The van der Waals surface area contributed by atoms with Gasteiger partial charge in [-0.1, -0.05) is 0 Å². The van der Waals surface area contributed by atoms with Crippen molar-refractivity contribution >= 4 is 29.6 Å². The number of likely N-dealkylation sites (tertiary alicyclic amines) is 1. The van der Waals surface area contributed by atoms with Crippen molar-refractivity contribution in [3.05, 3.63) is 23.8 Å². The Balaban J connectivity index is 1.85. The highest BCUT2D eigenvalue weighted by Crippen LogP contribution is 2.26. The Kier molecular flexibility index (Phi) is 7.97. The highest BCUT2D eigenvalue weighted by molar-refractivity contribution is 7.98. The molecule has 1 saturated heterocycles. The summed E-state index contributed by atoms with van der Waals surface area (Å²) in [5.74, 6) is -0.846. The van der Waals surface area contributed by atoms with Gasteiger partial charge in [-0.15, -0.1) is 11.8 Å². The highest BCUT2D eigenvalue weighted by Gasteiger charge is 2.28. The SMILES string of the molecule is CCOC(=O)C1CCN(C(=O)COC(=O)c2ccc(SC)cc2OC)CC1. The maximum absolute atomic E-state index is 12.3. The third kappa shape index (κ3) is 5.63. The van der Waals surface area contributed by atoms with Gasteiger partial charge >= 0.3 is 11.9 Å². The molecule has 2 rings (SSSR count). The zero-order chi connectivity index (χ0) is 19.8. The number of esters is 2. The Morgan fingerprint density at radius 1 is 1.19 bits per heavy atom. The Labute approximate surface area is 163 Å². The Morgan fingerprint density at radius 2 is 1.89 bits per heavy atom. The predicted molar refractivity (Wildman–Crippen MR) is 101 cm³/mol. The second-order valence-corrected chi connectivity index (χ2v) is 6.93. The van der Waals surface area contributed by atoms with Crippen molar-refractivity contribution in [2.45, 2.75) is 24.7 Å². The van der Waals surface area contributed by atoms with Crippen LogP contribution in [0.15, 0.2) is 23.1 Å². The lowest BCUT2D eigenvalue weighted by Gasteiger charge is -2.30. The number of methoxy groups -OCH3 is 1. The van der Waals surface area contributed by atoms with E-state index in [4.69, 9.17) is 14.2 Å². The van der Waals surface area contributed by atoms with Gasteiger partial charge in [0.1, 0.15) is 11.3 Å². The van der Waals surface area contributed by atoms with E-state index in [1.54, 1.807) is 30.0 Å². The van der Waals surface area contributed by atoms with Gasteiger partial charge in [0.2, 0.25) is 0 Å². The first kappa shape index (κ1) is 21.1. The van der Waals surface area contributed by atoms with Crippen LogP contribution in [0.3, 0.4) is 0 Å². The number of hydrogen-bond acceptors (Lipinski definition) is 7.